The molecule has 0 saturated heterocycles. The number of nitrogens with one attached hydrogen (secondary N) is 2. The minimum absolute atomic E-state index is 0.262. The van der Waals surface area contributed by atoms with Crippen LogP contribution in [0.2, 0.25) is 0 Å². The number of anilines is 2. The smallest absolute Gasteiger partial charge is 0.339 e. The first-order valence-electron chi connectivity index (χ1n) is 10.1. The van der Waals surface area contributed by atoms with Gasteiger partial charge in [-0.2, -0.15) is 0 Å². The quantitative estimate of drug-likeness (QED) is 0.366. The summed E-state index contributed by atoms with van der Waals surface area (Å²) in [5, 5.41) is 5.18. The van der Waals surface area contributed by atoms with Gasteiger partial charge in [-0.05, 0) is 55.5 Å². The van der Waals surface area contributed by atoms with Gasteiger partial charge in [-0.15, -0.1) is 11.8 Å². The molecule has 0 aliphatic heterocycles. The van der Waals surface area contributed by atoms with E-state index in [-0.39, 0.29) is 17.4 Å². The van der Waals surface area contributed by atoms with Gasteiger partial charge in [0.2, 0.25) is 5.91 Å². The number of rotatable bonds is 8. The zero-order valence-electron chi connectivity index (χ0n) is 18.5. The number of carbonyl (C=O) groups excluding carboxylic acids is 3. The summed E-state index contributed by atoms with van der Waals surface area (Å²) in [4.78, 5) is 38.0. The number of esters is 1. The zero-order valence-corrected chi connectivity index (χ0v) is 19.3. The predicted molar refractivity (Wildman–Crippen MR) is 129 cm³/mol. The van der Waals surface area contributed by atoms with E-state index in [2.05, 4.69) is 10.6 Å². The molecule has 3 rings (SSSR count). The van der Waals surface area contributed by atoms with Crippen LogP contribution in [-0.4, -0.2) is 37.3 Å². The fraction of sp³-hybridized carbons (Fsp3) is 0.160. The summed E-state index contributed by atoms with van der Waals surface area (Å²) in [6, 6.07) is 20.8. The van der Waals surface area contributed by atoms with Gasteiger partial charge in [0.1, 0.15) is 5.75 Å². The van der Waals surface area contributed by atoms with E-state index in [0.29, 0.717) is 22.7 Å². The Morgan fingerprint density at radius 1 is 0.879 bits per heavy atom. The van der Waals surface area contributed by atoms with Gasteiger partial charge in [-0.1, -0.05) is 24.3 Å². The number of thioether (sulfide) groups is 1. The van der Waals surface area contributed by atoms with Crippen molar-refractivity contribution in [2.24, 2.45) is 0 Å². The van der Waals surface area contributed by atoms with Gasteiger partial charge in [0.25, 0.3) is 5.91 Å². The molecule has 0 bridgehead atoms. The van der Waals surface area contributed by atoms with Gasteiger partial charge in [0.15, 0.2) is 0 Å². The highest BCUT2D eigenvalue weighted by Crippen LogP contribution is 2.27. The van der Waals surface area contributed by atoms with E-state index in [1.165, 1.54) is 18.9 Å². The Bertz CT molecular complexity index is 1160. The SMILES string of the molecule is COC(=O)c1ccccc1NC(=O)C(C)Sc1cccc(NC(=O)c2cccc(OC)c2)c1. The average molecular weight is 465 g/mol. The molecular formula is C25H24N2O5S. The van der Waals surface area contributed by atoms with E-state index < -0.39 is 11.2 Å². The predicted octanol–water partition coefficient (Wildman–Crippen LogP) is 4.85. The minimum atomic E-state index is -0.523. The first kappa shape index (κ1) is 23.9. The lowest BCUT2D eigenvalue weighted by Crippen LogP contribution is -2.23. The van der Waals surface area contributed by atoms with Gasteiger partial charge in [0, 0.05) is 16.1 Å². The van der Waals surface area contributed by atoms with Crippen LogP contribution in [0.1, 0.15) is 27.6 Å². The van der Waals surface area contributed by atoms with Crippen molar-refractivity contribution in [3.63, 3.8) is 0 Å². The zero-order chi connectivity index (χ0) is 23.8. The summed E-state index contributed by atoms with van der Waals surface area (Å²) in [6.07, 6.45) is 0. The second kappa shape index (κ2) is 11.2. The fourth-order valence-electron chi connectivity index (χ4n) is 2.99. The van der Waals surface area contributed by atoms with Gasteiger partial charge < -0.3 is 20.1 Å². The molecule has 0 radical (unpaired) electrons. The highest BCUT2D eigenvalue weighted by atomic mass is 32.2. The minimum Gasteiger partial charge on any atom is -0.497 e. The average Bonchev–Trinajstić information content (AvgIpc) is 2.84. The number of benzene rings is 3. The third kappa shape index (κ3) is 6.36. The third-order valence-electron chi connectivity index (χ3n) is 4.70. The Labute approximate surface area is 196 Å². The summed E-state index contributed by atoms with van der Waals surface area (Å²) < 4.78 is 9.93. The first-order chi connectivity index (χ1) is 15.9. The fourth-order valence-corrected chi connectivity index (χ4v) is 3.91. The van der Waals surface area contributed by atoms with Gasteiger partial charge in [0.05, 0.1) is 30.7 Å². The molecule has 2 amide bonds. The second-order valence-electron chi connectivity index (χ2n) is 7.00. The van der Waals surface area contributed by atoms with E-state index in [1.807, 2.05) is 6.07 Å². The van der Waals surface area contributed by atoms with Crippen molar-refractivity contribution in [1.82, 2.24) is 0 Å². The van der Waals surface area contributed by atoms with Gasteiger partial charge in [-0.25, -0.2) is 4.79 Å². The largest absolute Gasteiger partial charge is 0.497 e. The maximum atomic E-state index is 12.7. The van der Waals surface area contributed by atoms with Crippen LogP contribution in [0.3, 0.4) is 0 Å². The summed E-state index contributed by atoms with van der Waals surface area (Å²) in [7, 11) is 2.84. The van der Waals surface area contributed by atoms with Crippen molar-refractivity contribution in [3.8, 4) is 5.75 Å². The maximum absolute atomic E-state index is 12.7. The molecule has 2 N–H and O–H groups in total. The molecule has 0 aromatic heterocycles. The lowest BCUT2D eigenvalue weighted by molar-refractivity contribution is -0.115. The number of carbonyl (C=O) groups is 3. The number of para-hydroxylation sites is 1. The summed E-state index contributed by atoms with van der Waals surface area (Å²) in [6.45, 7) is 1.77. The number of methoxy groups -OCH3 is 2. The van der Waals surface area contributed by atoms with Crippen LogP contribution in [0.15, 0.2) is 77.7 Å². The Morgan fingerprint density at radius 2 is 1.64 bits per heavy atom. The van der Waals surface area contributed by atoms with E-state index in [4.69, 9.17) is 9.47 Å². The Hall–Kier alpha value is -3.78. The van der Waals surface area contributed by atoms with Crippen LogP contribution in [0.4, 0.5) is 11.4 Å². The lowest BCUT2D eigenvalue weighted by Gasteiger charge is -2.14. The second-order valence-corrected chi connectivity index (χ2v) is 8.41. The molecule has 1 unspecified atom stereocenters. The highest BCUT2D eigenvalue weighted by molar-refractivity contribution is 8.00. The molecule has 3 aromatic rings. The van der Waals surface area contributed by atoms with Crippen LogP contribution < -0.4 is 15.4 Å². The van der Waals surface area contributed by atoms with Crippen LogP contribution in [0, 0.1) is 0 Å². The molecule has 33 heavy (non-hydrogen) atoms. The molecule has 8 heteroatoms. The topological polar surface area (TPSA) is 93.7 Å². The molecule has 0 aliphatic carbocycles. The van der Waals surface area contributed by atoms with Crippen molar-refractivity contribution in [1.29, 1.82) is 0 Å². The van der Waals surface area contributed by atoms with Crippen LogP contribution in [0.5, 0.6) is 5.75 Å². The van der Waals surface area contributed by atoms with Crippen molar-refractivity contribution >= 4 is 40.9 Å². The molecule has 0 aliphatic rings. The molecule has 0 spiro atoms. The van der Waals surface area contributed by atoms with Crippen molar-refractivity contribution in [2.45, 2.75) is 17.1 Å². The molecular weight excluding hydrogens is 440 g/mol. The highest BCUT2D eigenvalue weighted by Gasteiger charge is 2.18. The number of ether oxygens (including phenoxy) is 2. The van der Waals surface area contributed by atoms with E-state index in [1.54, 1.807) is 80.8 Å². The first-order valence-corrected chi connectivity index (χ1v) is 11.0. The number of hydrogen-bond acceptors (Lipinski definition) is 6. The Balaban J connectivity index is 1.65. The molecule has 0 heterocycles. The van der Waals surface area contributed by atoms with Gasteiger partial charge >= 0.3 is 5.97 Å². The van der Waals surface area contributed by atoms with E-state index in [9.17, 15) is 14.4 Å². The summed E-state index contributed by atoms with van der Waals surface area (Å²) >= 11 is 1.33. The Kier molecular flexibility index (Phi) is 8.10. The molecule has 7 nitrogen and oxygen atoms in total. The Morgan fingerprint density at radius 3 is 2.39 bits per heavy atom. The molecule has 0 saturated carbocycles. The van der Waals surface area contributed by atoms with E-state index >= 15 is 0 Å². The monoisotopic (exact) mass is 464 g/mol. The normalized spacial score (nSPS) is 11.2. The third-order valence-corrected chi connectivity index (χ3v) is 5.79. The molecule has 170 valence electrons. The van der Waals surface area contributed by atoms with E-state index in [0.717, 1.165) is 4.90 Å². The van der Waals surface area contributed by atoms with Crippen molar-refractivity contribution < 1.29 is 23.9 Å². The van der Waals surface area contributed by atoms with Crippen LogP contribution >= 0.6 is 11.8 Å². The summed E-state index contributed by atoms with van der Waals surface area (Å²) in [5.74, 6) is -0.449. The lowest BCUT2D eigenvalue weighted by atomic mass is 10.2. The number of hydrogen-bond donors (Lipinski definition) is 2. The number of amides is 2. The molecule has 0 fully saturated rings. The van der Waals surface area contributed by atoms with Crippen molar-refractivity contribution in [3.05, 3.63) is 83.9 Å². The summed E-state index contributed by atoms with van der Waals surface area (Å²) in [5.41, 5.74) is 1.76. The van der Waals surface area contributed by atoms with Crippen molar-refractivity contribution in [2.75, 3.05) is 24.9 Å². The maximum Gasteiger partial charge on any atom is 0.339 e. The molecule has 3 aromatic carbocycles. The van der Waals surface area contributed by atoms with Gasteiger partial charge in [-0.3, -0.25) is 9.59 Å². The van der Waals surface area contributed by atoms with Crippen LogP contribution in [-0.2, 0) is 9.53 Å². The van der Waals surface area contributed by atoms with Crippen LogP contribution in [0.25, 0.3) is 0 Å². The standard InChI is InChI=1S/C25H24N2O5S/c1-16(23(28)27-22-13-5-4-12-21(22)25(30)32-3)33-20-11-7-9-18(15-20)26-24(29)17-8-6-10-19(14-17)31-2/h4-16H,1-3H3,(H,26,29)(H,27,28). The molecule has 1 atom stereocenters.